The number of aliphatic carboxylic acids is 1. The Labute approximate surface area is 361 Å². The molecule has 0 radical (unpaired) electrons. The summed E-state index contributed by atoms with van der Waals surface area (Å²) in [4.78, 5) is 106. The second-order valence-electron chi connectivity index (χ2n) is 17.0. The van der Waals surface area contributed by atoms with E-state index in [2.05, 4.69) is 20.9 Å². The number of carbonyl (C=O) groups is 8. The molecule has 0 fully saturated rings. The Bertz CT molecular complexity index is 1430. The van der Waals surface area contributed by atoms with Crippen molar-refractivity contribution in [3.05, 3.63) is 0 Å². The average Bonchev–Trinajstić information content (AvgIpc) is 3.17. The quantitative estimate of drug-likeness (QED) is 0.0247. The third kappa shape index (κ3) is 25.3. The lowest BCUT2D eigenvalue weighted by molar-refractivity contribution is -0.143. The Kier molecular flexibility index (Phi) is 29.3. The van der Waals surface area contributed by atoms with Crippen LogP contribution >= 0.6 is 0 Å². The highest BCUT2D eigenvalue weighted by molar-refractivity contribution is 5.98. The van der Waals surface area contributed by atoms with E-state index in [-0.39, 0.29) is 6.42 Å². The van der Waals surface area contributed by atoms with E-state index in [1.54, 1.807) is 34.6 Å². The van der Waals surface area contributed by atoms with Gasteiger partial charge in [-0.2, -0.15) is 0 Å². The number of carboxylic acids is 1. The summed E-state index contributed by atoms with van der Waals surface area (Å²) in [5, 5.41) is 47.0. The van der Waals surface area contributed by atoms with E-state index in [0.717, 1.165) is 51.5 Å². The summed E-state index contributed by atoms with van der Waals surface area (Å²) in [6, 6.07) is -4.00. The van der Waals surface area contributed by atoms with Crippen LogP contribution in [-0.2, 0) is 38.4 Å². The van der Waals surface area contributed by atoms with Gasteiger partial charge in [0.2, 0.25) is 23.6 Å². The van der Waals surface area contributed by atoms with Crippen molar-refractivity contribution in [2.24, 2.45) is 46.0 Å². The average molecular weight is 869 g/mol. The summed E-state index contributed by atoms with van der Waals surface area (Å²) in [6.07, 6.45) is 7.79. The molecule has 0 aromatic heterocycles. The standard InChI is InChI=1S/C43H76N6O12/c1-26(2)32(22-36(54)34(25-51)47-39(57)21-31(52)17-15-13-11-9-7-8-10-12-14-16-18-46-29(6)44)42(59)49-40(27(3)4)37(55)20-30(24-50)41(58)48-33(23-38(45)56)35(53)19-28(5)43(60)61/h26-28,30-34,40,50-52H,7-25H2,1-6H3,(H2,44,46)(H2,45,56)(H,47,57)(H,48,58)(H,49,59)(H,60,61). The second kappa shape index (κ2) is 31.5. The molecule has 0 aliphatic carbocycles. The number of carbonyl (C=O) groups excluding carboxylic acids is 7. The maximum Gasteiger partial charge on any atom is 0.306 e. The highest BCUT2D eigenvalue weighted by Gasteiger charge is 2.35. The summed E-state index contributed by atoms with van der Waals surface area (Å²) in [5.74, 6) is -10.4. The first-order valence-corrected chi connectivity index (χ1v) is 21.8. The number of hydrogen-bond donors (Lipinski definition) is 9. The summed E-state index contributed by atoms with van der Waals surface area (Å²) in [6.45, 7) is 8.90. The molecule has 0 saturated carbocycles. The molecule has 0 aromatic rings. The molecule has 0 rings (SSSR count). The van der Waals surface area contributed by atoms with E-state index in [0.29, 0.717) is 12.3 Å². The molecule has 18 nitrogen and oxygen atoms in total. The van der Waals surface area contributed by atoms with Crippen LogP contribution in [0.3, 0.4) is 0 Å². The number of aliphatic hydroxyl groups is 3. The van der Waals surface area contributed by atoms with Crippen LogP contribution in [0.25, 0.3) is 0 Å². The molecule has 0 aromatic carbocycles. The molecular formula is C43H76N6O12. The van der Waals surface area contributed by atoms with Gasteiger partial charge < -0.3 is 47.8 Å². The molecular weight excluding hydrogens is 793 g/mol. The number of amidine groups is 1. The van der Waals surface area contributed by atoms with E-state index < -0.39 is 140 Å². The van der Waals surface area contributed by atoms with E-state index in [9.17, 15) is 53.7 Å². The number of carboxylic acid groups (broad SMARTS) is 1. The van der Waals surface area contributed by atoms with Crippen LogP contribution in [0.15, 0.2) is 4.99 Å². The lowest BCUT2D eigenvalue weighted by Crippen LogP contribution is -2.51. The van der Waals surface area contributed by atoms with Crippen molar-refractivity contribution in [3.63, 3.8) is 0 Å². The summed E-state index contributed by atoms with van der Waals surface area (Å²) >= 11 is 0. The van der Waals surface area contributed by atoms with Gasteiger partial charge in [0.1, 0.15) is 6.04 Å². The van der Waals surface area contributed by atoms with Gasteiger partial charge in [-0.25, -0.2) is 0 Å². The first-order chi connectivity index (χ1) is 28.6. The number of ketones is 3. The first kappa shape index (κ1) is 56.7. The lowest BCUT2D eigenvalue weighted by Gasteiger charge is -2.28. The normalized spacial score (nSPS) is 15.2. The number of aliphatic imine (C=N–C) groups is 1. The fraction of sp³-hybridized carbons (Fsp3) is 0.791. The molecule has 61 heavy (non-hydrogen) atoms. The minimum atomic E-state index is -1.49. The summed E-state index contributed by atoms with van der Waals surface area (Å²) in [5.41, 5.74) is 10.8. The van der Waals surface area contributed by atoms with Crippen LogP contribution in [0, 0.1) is 29.6 Å². The number of aliphatic hydroxyl groups excluding tert-OH is 3. The van der Waals surface area contributed by atoms with E-state index >= 15 is 0 Å². The third-order valence-electron chi connectivity index (χ3n) is 10.6. The van der Waals surface area contributed by atoms with Crippen LogP contribution in [0.4, 0.5) is 0 Å². The molecule has 7 unspecified atom stereocenters. The molecule has 18 heteroatoms. The predicted molar refractivity (Wildman–Crippen MR) is 230 cm³/mol. The van der Waals surface area contributed by atoms with Crippen molar-refractivity contribution in [2.75, 3.05) is 19.8 Å². The number of primary amides is 1. The van der Waals surface area contributed by atoms with Crippen molar-refractivity contribution in [1.82, 2.24) is 16.0 Å². The highest BCUT2D eigenvalue weighted by Crippen LogP contribution is 2.20. The van der Waals surface area contributed by atoms with Gasteiger partial charge in [0.25, 0.3) is 0 Å². The molecule has 11 N–H and O–H groups in total. The van der Waals surface area contributed by atoms with Crippen molar-refractivity contribution >= 4 is 52.8 Å². The van der Waals surface area contributed by atoms with Crippen LogP contribution in [-0.4, -0.2) is 117 Å². The molecule has 0 heterocycles. The van der Waals surface area contributed by atoms with Gasteiger partial charge in [0.15, 0.2) is 17.3 Å². The van der Waals surface area contributed by atoms with Gasteiger partial charge in [0, 0.05) is 31.7 Å². The molecule has 7 atom stereocenters. The largest absolute Gasteiger partial charge is 0.481 e. The Morgan fingerprint density at radius 1 is 0.590 bits per heavy atom. The van der Waals surface area contributed by atoms with Crippen molar-refractivity contribution in [1.29, 1.82) is 0 Å². The van der Waals surface area contributed by atoms with Crippen molar-refractivity contribution in [2.45, 2.75) is 169 Å². The number of hydrogen-bond acceptors (Lipinski definition) is 12. The van der Waals surface area contributed by atoms with Gasteiger partial charge in [-0.1, -0.05) is 92.4 Å². The topological polar surface area (TPSA) is 318 Å². The second-order valence-corrected chi connectivity index (χ2v) is 17.0. The molecule has 0 aliphatic heterocycles. The van der Waals surface area contributed by atoms with Crippen molar-refractivity contribution < 1.29 is 58.8 Å². The number of Topliss-reactive ketones (excluding diaryl/α,β-unsaturated/α-hetero) is 3. The number of nitrogens with two attached hydrogens (primary N) is 2. The van der Waals surface area contributed by atoms with Gasteiger partial charge in [-0.3, -0.25) is 43.3 Å². The van der Waals surface area contributed by atoms with Crippen LogP contribution in [0.1, 0.15) is 144 Å². The fourth-order valence-electron chi connectivity index (χ4n) is 6.71. The monoisotopic (exact) mass is 869 g/mol. The SMILES string of the molecule is CC(N)=NCCCCCCCCCCCCC(O)CC(=O)NC(CO)C(=O)CC(C(=O)NC(C(=O)CC(CO)C(=O)NC(CC(N)=O)C(=O)CC(C)C(=O)O)C(C)C)C(C)C. The molecule has 0 saturated heterocycles. The van der Waals surface area contributed by atoms with Crippen molar-refractivity contribution in [3.8, 4) is 0 Å². The lowest BCUT2D eigenvalue weighted by atomic mass is 9.86. The van der Waals surface area contributed by atoms with Crippen LogP contribution in [0.5, 0.6) is 0 Å². The smallest absolute Gasteiger partial charge is 0.306 e. The van der Waals surface area contributed by atoms with Crippen LogP contribution < -0.4 is 27.4 Å². The third-order valence-corrected chi connectivity index (χ3v) is 10.6. The Hall–Kier alpha value is -4.29. The Balaban J connectivity index is 5.16. The zero-order chi connectivity index (χ0) is 46.7. The first-order valence-electron chi connectivity index (χ1n) is 21.8. The van der Waals surface area contributed by atoms with Gasteiger partial charge in [-0.15, -0.1) is 0 Å². The van der Waals surface area contributed by atoms with Gasteiger partial charge in [0.05, 0.1) is 61.9 Å². The Morgan fingerprint density at radius 2 is 1.13 bits per heavy atom. The molecule has 0 bridgehead atoms. The summed E-state index contributed by atoms with van der Waals surface area (Å²) < 4.78 is 0. The number of unbranched alkanes of at least 4 members (excludes halogenated alkanes) is 9. The summed E-state index contributed by atoms with van der Waals surface area (Å²) in [7, 11) is 0. The molecule has 0 spiro atoms. The van der Waals surface area contributed by atoms with Gasteiger partial charge >= 0.3 is 5.97 Å². The number of nitrogens with one attached hydrogen (secondary N) is 3. The minimum Gasteiger partial charge on any atom is -0.481 e. The van der Waals surface area contributed by atoms with E-state index in [4.69, 9.17) is 16.6 Å². The molecule has 4 amide bonds. The number of nitrogens with zero attached hydrogens (tertiary/aromatic N) is 1. The maximum atomic E-state index is 13.6. The predicted octanol–water partition coefficient (Wildman–Crippen LogP) is 1.86. The number of rotatable bonds is 36. The molecule has 350 valence electrons. The molecule has 0 aliphatic rings. The zero-order valence-electron chi connectivity index (χ0n) is 37.3. The zero-order valence-corrected chi connectivity index (χ0v) is 37.3. The number of amides is 4. The minimum absolute atomic E-state index is 0.259. The highest BCUT2D eigenvalue weighted by atomic mass is 16.4. The van der Waals surface area contributed by atoms with E-state index in [1.807, 2.05) is 0 Å². The van der Waals surface area contributed by atoms with Crippen LogP contribution in [0.2, 0.25) is 0 Å². The maximum absolute atomic E-state index is 13.6. The van der Waals surface area contributed by atoms with Gasteiger partial charge in [-0.05, 0) is 31.6 Å². The fourth-order valence-corrected chi connectivity index (χ4v) is 6.71. The Morgan fingerprint density at radius 3 is 1.61 bits per heavy atom. The van der Waals surface area contributed by atoms with E-state index in [1.165, 1.54) is 26.2 Å².